The molecule has 0 spiro atoms. The molecule has 0 bridgehead atoms. The Hall–Kier alpha value is -2.39. The van der Waals surface area contributed by atoms with Gasteiger partial charge < -0.3 is 14.2 Å². The van der Waals surface area contributed by atoms with Gasteiger partial charge in [0.25, 0.3) is 5.56 Å². The number of rotatable bonds is 4. The first-order chi connectivity index (χ1) is 13.4. The molecule has 2 aromatic heterocycles. The minimum atomic E-state index is -0.381. The lowest BCUT2D eigenvalue weighted by atomic mass is 10.1. The van der Waals surface area contributed by atoms with E-state index in [4.69, 9.17) is 9.72 Å². The van der Waals surface area contributed by atoms with E-state index >= 15 is 0 Å². The van der Waals surface area contributed by atoms with Crippen molar-refractivity contribution in [2.45, 2.75) is 20.0 Å². The van der Waals surface area contributed by atoms with Crippen molar-refractivity contribution in [2.75, 3.05) is 25.2 Å². The van der Waals surface area contributed by atoms with Gasteiger partial charge in [0, 0.05) is 37.4 Å². The highest BCUT2D eigenvalue weighted by atomic mass is 79.9. The summed E-state index contributed by atoms with van der Waals surface area (Å²) in [6.45, 7) is 4.12. The van der Waals surface area contributed by atoms with Crippen LogP contribution in [0.4, 0.5) is 11.6 Å². The number of anilines is 2. The third-order valence-electron chi connectivity index (χ3n) is 5.10. The number of benzene rings is 1. The van der Waals surface area contributed by atoms with Gasteiger partial charge in [0.15, 0.2) is 11.2 Å². The minimum absolute atomic E-state index is 0.213. The zero-order chi connectivity index (χ0) is 20.0. The fourth-order valence-electron chi connectivity index (χ4n) is 3.72. The predicted octanol–water partition coefficient (Wildman–Crippen LogP) is 2.09. The van der Waals surface area contributed by atoms with Crippen LogP contribution in [0.2, 0.25) is 0 Å². The molecule has 0 fully saturated rings. The molecular formula is C19H22BrN5O3. The molecule has 0 saturated carbocycles. The lowest BCUT2D eigenvalue weighted by molar-refractivity contribution is 0.184. The van der Waals surface area contributed by atoms with Crippen LogP contribution in [0, 0.1) is 5.92 Å². The van der Waals surface area contributed by atoms with Crippen LogP contribution in [-0.4, -0.2) is 38.9 Å². The standard InChI is InChI=1S/C19H22BrN5O3/c1-12-10-24(14-6-4-13(20)5-7-14)18-21-16-15(25(18)11-12)17(26)23(8-9-28-3)19(27)22(16)2/h4-7,12H,8-11H2,1-3H3. The molecule has 1 atom stereocenters. The molecule has 1 aliphatic heterocycles. The van der Waals surface area contributed by atoms with Crippen LogP contribution in [0.25, 0.3) is 11.2 Å². The number of halogens is 1. The zero-order valence-corrected chi connectivity index (χ0v) is 17.6. The van der Waals surface area contributed by atoms with Crippen LogP contribution < -0.4 is 16.1 Å². The number of nitrogens with zero attached hydrogens (tertiary/aromatic N) is 5. The van der Waals surface area contributed by atoms with Gasteiger partial charge in [0.05, 0.1) is 13.2 Å². The van der Waals surface area contributed by atoms with E-state index in [9.17, 15) is 9.59 Å². The van der Waals surface area contributed by atoms with E-state index in [2.05, 4.69) is 27.8 Å². The third kappa shape index (κ3) is 2.98. The van der Waals surface area contributed by atoms with Crippen LogP contribution in [0.3, 0.4) is 0 Å². The highest BCUT2D eigenvalue weighted by Crippen LogP contribution is 2.33. The molecule has 28 heavy (non-hydrogen) atoms. The van der Waals surface area contributed by atoms with Gasteiger partial charge >= 0.3 is 5.69 Å². The van der Waals surface area contributed by atoms with E-state index in [-0.39, 0.29) is 17.8 Å². The van der Waals surface area contributed by atoms with Crippen molar-refractivity contribution in [3.8, 4) is 0 Å². The Kier molecular flexibility index (Phi) is 4.88. The van der Waals surface area contributed by atoms with Gasteiger partial charge in [-0.1, -0.05) is 22.9 Å². The number of hydrogen-bond acceptors (Lipinski definition) is 5. The van der Waals surface area contributed by atoms with Gasteiger partial charge in [0.1, 0.15) is 0 Å². The fourth-order valence-corrected chi connectivity index (χ4v) is 3.99. The Morgan fingerprint density at radius 3 is 2.61 bits per heavy atom. The summed E-state index contributed by atoms with van der Waals surface area (Å²) in [4.78, 5) is 32.6. The van der Waals surface area contributed by atoms with E-state index in [1.807, 2.05) is 28.8 Å². The average molecular weight is 448 g/mol. The predicted molar refractivity (Wildman–Crippen MR) is 111 cm³/mol. The minimum Gasteiger partial charge on any atom is -0.383 e. The summed E-state index contributed by atoms with van der Waals surface area (Å²) in [6.07, 6.45) is 0. The number of ether oxygens (including phenoxy) is 1. The Balaban J connectivity index is 1.96. The molecule has 1 unspecified atom stereocenters. The summed E-state index contributed by atoms with van der Waals surface area (Å²) in [5.41, 5.74) is 1.17. The highest BCUT2D eigenvalue weighted by Gasteiger charge is 2.29. The van der Waals surface area contributed by atoms with Crippen molar-refractivity contribution in [1.29, 1.82) is 0 Å². The van der Waals surface area contributed by atoms with E-state index in [0.717, 1.165) is 16.7 Å². The summed E-state index contributed by atoms with van der Waals surface area (Å²) in [7, 11) is 3.20. The summed E-state index contributed by atoms with van der Waals surface area (Å²) < 4.78 is 10.7. The van der Waals surface area contributed by atoms with E-state index in [1.54, 1.807) is 14.2 Å². The second-order valence-corrected chi connectivity index (χ2v) is 8.09. The quantitative estimate of drug-likeness (QED) is 0.611. The monoisotopic (exact) mass is 447 g/mol. The number of imidazole rings is 1. The number of aryl methyl sites for hydroxylation is 1. The van der Waals surface area contributed by atoms with E-state index in [0.29, 0.717) is 36.2 Å². The Morgan fingerprint density at radius 1 is 1.21 bits per heavy atom. The van der Waals surface area contributed by atoms with Gasteiger partial charge in [-0.15, -0.1) is 0 Å². The molecule has 0 N–H and O–H groups in total. The molecule has 3 heterocycles. The van der Waals surface area contributed by atoms with Crippen molar-refractivity contribution >= 4 is 38.7 Å². The molecule has 4 rings (SSSR count). The van der Waals surface area contributed by atoms with E-state index < -0.39 is 0 Å². The van der Waals surface area contributed by atoms with Crippen LogP contribution in [0.15, 0.2) is 38.3 Å². The second-order valence-electron chi connectivity index (χ2n) is 7.18. The first kappa shape index (κ1) is 18.9. The van der Waals surface area contributed by atoms with Crippen molar-refractivity contribution < 1.29 is 4.74 Å². The molecular weight excluding hydrogens is 426 g/mol. The average Bonchev–Trinajstić information content (AvgIpc) is 3.06. The summed E-state index contributed by atoms with van der Waals surface area (Å²) in [6, 6.07) is 7.99. The molecule has 0 saturated heterocycles. The van der Waals surface area contributed by atoms with Gasteiger partial charge in [0.2, 0.25) is 5.95 Å². The lowest BCUT2D eigenvalue weighted by Crippen LogP contribution is -2.41. The maximum absolute atomic E-state index is 13.1. The molecule has 3 aromatic rings. The number of aromatic nitrogens is 4. The number of fused-ring (bicyclic) bond motifs is 3. The molecule has 0 radical (unpaired) electrons. The molecule has 148 valence electrons. The first-order valence-corrected chi connectivity index (χ1v) is 9.93. The molecule has 0 amide bonds. The Labute approximate surface area is 170 Å². The van der Waals surface area contributed by atoms with Crippen molar-refractivity contribution in [3.05, 3.63) is 49.6 Å². The normalized spacial score (nSPS) is 16.6. The topological polar surface area (TPSA) is 74.3 Å². The number of hydrogen-bond donors (Lipinski definition) is 0. The molecule has 1 aromatic carbocycles. The van der Waals surface area contributed by atoms with Gasteiger partial charge in [-0.3, -0.25) is 13.9 Å². The summed E-state index contributed by atoms with van der Waals surface area (Å²) in [5, 5.41) is 0. The van der Waals surface area contributed by atoms with Gasteiger partial charge in [-0.25, -0.2) is 4.79 Å². The summed E-state index contributed by atoms with van der Waals surface area (Å²) in [5.74, 6) is 1.00. The molecule has 0 aliphatic carbocycles. The smallest absolute Gasteiger partial charge is 0.332 e. The highest BCUT2D eigenvalue weighted by molar-refractivity contribution is 9.10. The molecule has 8 nitrogen and oxygen atoms in total. The fraction of sp³-hybridized carbons (Fsp3) is 0.421. The third-order valence-corrected chi connectivity index (χ3v) is 5.63. The van der Waals surface area contributed by atoms with Crippen molar-refractivity contribution in [1.82, 2.24) is 18.7 Å². The number of methoxy groups -OCH3 is 1. The Bertz CT molecular complexity index is 1150. The maximum Gasteiger partial charge on any atom is 0.332 e. The van der Waals surface area contributed by atoms with Gasteiger partial charge in [-0.05, 0) is 30.2 Å². The Morgan fingerprint density at radius 2 is 1.93 bits per heavy atom. The van der Waals surface area contributed by atoms with Crippen LogP contribution >= 0.6 is 15.9 Å². The van der Waals surface area contributed by atoms with Crippen LogP contribution in [0.5, 0.6) is 0 Å². The van der Waals surface area contributed by atoms with Crippen LogP contribution in [-0.2, 0) is 24.9 Å². The first-order valence-electron chi connectivity index (χ1n) is 9.14. The SMILES string of the molecule is COCCn1c(=O)c2c(nc3n2CC(C)CN3c2ccc(Br)cc2)n(C)c1=O. The zero-order valence-electron chi connectivity index (χ0n) is 16.1. The maximum atomic E-state index is 13.1. The van der Waals surface area contributed by atoms with E-state index in [1.165, 1.54) is 9.13 Å². The van der Waals surface area contributed by atoms with Crippen LogP contribution in [0.1, 0.15) is 6.92 Å². The van der Waals surface area contributed by atoms with Crippen molar-refractivity contribution in [2.24, 2.45) is 13.0 Å². The molecule has 1 aliphatic rings. The lowest BCUT2D eigenvalue weighted by Gasteiger charge is -2.33. The summed E-state index contributed by atoms with van der Waals surface area (Å²) >= 11 is 3.47. The largest absolute Gasteiger partial charge is 0.383 e. The molecule has 9 heteroatoms. The van der Waals surface area contributed by atoms with Gasteiger partial charge in [-0.2, -0.15) is 4.98 Å². The van der Waals surface area contributed by atoms with Crippen molar-refractivity contribution in [3.63, 3.8) is 0 Å². The second kappa shape index (κ2) is 7.21.